The predicted molar refractivity (Wildman–Crippen MR) is 77.0 cm³/mol. The number of imidazole rings is 1. The molecule has 0 bridgehead atoms. The summed E-state index contributed by atoms with van der Waals surface area (Å²) in [7, 11) is 0. The minimum Gasteiger partial charge on any atom is -0.490 e. The normalized spacial score (nSPS) is 17.4. The van der Waals surface area contributed by atoms with E-state index in [0.29, 0.717) is 41.9 Å². The summed E-state index contributed by atoms with van der Waals surface area (Å²) in [5.74, 6) is -1.11. The van der Waals surface area contributed by atoms with Crippen LogP contribution in [0.4, 0.5) is 8.78 Å². The molecule has 2 heterocycles. The third kappa shape index (κ3) is 2.58. The van der Waals surface area contributed by atoms with Crippen LogP contribution in [0.1, 0.15) is 22.7 Å². The fourth-order valence-electron chi connectivity index (χ4n) is 2.73. The van der Waals surface area contributed by atoms with Crippen molar-refractivity contribution in [3.8, 4) is 5.75 Å². The van der Waals surface area contributed by atoms with Crippen LogP contribution >= 0.6 is 12.2 Å². The highest BCUT2D eigenvalue weighted by Crippen LogP contribution is 2.37. The van der Waals surface area contributed by atoms with E-state index in [4.69, 9.17) is 22.7 Å². The Kier molecular flexibility index (Phi) is 3.77. The van der Waals surface area contributed by atoms with Crippen LogP contribution in [-0.4, -0.2) is 23.1 Å². The van der Waals surface area contributed by atoms with Gasteiger partial charge in [-0.05, 0) is 37.2 Å². The molecule has 1 aromatic heterocycles. The quantitative estimate of drug-likeness (QED) is 0.763. The van der Waals surface area contributed by atoms with Gasteiger partial charge in [0.2, 0.25) is 0 Å². The van der Waals surface area contributed by atoms with E-state index in [2.05, 4.69) is 9.97 Å². The van der Waals surface area contributed by atoms with E-state index >= 15 is 0 Å². The SMILES string of the molecule is NCCc1c(F)cc(F)c2c1C[C@@H](c1c[nH]c(=S)[nH]1)CO2. The number of aromatic nitrogens is 2. The van der Waals surface area contributed by atoms with Gasteiger partial charge in [0.1, 0.15) is 5.82 Å². The van der Waals surface area contributed by atoms with E-state index in [-0.39, 0.29) is 11.7 Å². The number of hydrogen-bond donors (Lipinski definition) is 3. The number of hydrogen-bond acceptors (Lipinski definition) is 3. The van der Waals surface area contributed by atoms with E-state index in [0.717, 1.165) is 11.8 Å². The Balaban J connectivity index is 2.02. The summed E-state index contributed by atoms with van der Waals surface area (Å²) in [6.45, 7) is 0.618. The maximum absolute atomic E-state index is 14.0. The Morgan fingerprint density at radius 3 is 2.86 bits per heavy atom. The standard InChI is InChI=1S/C14H15F2N3OS/c15-10-4-11(16)13-9(8(10)1-2-17)3-7(6-20-13)12-5-18-14(21)19-12/h4-5,7H,1-3,6,17H2,(H2,18,19,21)/t7-/m1/s1. The van der Waals surface area contributed by atoms with Crippen LogP contribution < -0.4 is 10.5 Å². The van der Waals surface area contributed by atoms with Crippen LogP contribution in [0.3, 0.4) is 0 Å². The molecule has 0 fully saturated rings. The van der Waals surface area contributed by atoms with Crippen molar-refractivity contribution >= 4 is 12.2 Å². The largest absolute Gasteiger partial charge is 0.490 e. The second kappa shape index (κ2) is 5.57. The summed E-state index contributed by atoms with van der Waals surface area (Å²) in [5, 5.41) is 0. The Labute approximate surface area is 125 Å². The third-order valence-corrected chi connectivity index (χ3v) is 3.95. The van der Waals surface area contributed by atoms with Gasteiger partial charge in [0.25, 0.3) is 0 Å². The summed E-state index contributed by atoms with van der Waals surface area (Å²) >= 11 is 5.00. The molecule has 1 atom stereocenters. The van der Waals surface area contributed by atoms with Gasteiger partial charge in [-0.2, -0.15) is 0 Å². The fourth-order valence-corrected chi connectivity index (χ4v) is 2.91. The van der Waals surface area contributed by atoms with Crippen molar-refractivity contribution in [2.75, 3.05) is 13.2 Å². The summed E-state index contributed by atoms with van der Waals surface area (Å²) in [4.78, 5) is 5.91. The molecule has 0 aliphatic carbocycles. The molecule has 1 aliphatic heterocycles. The van der Waals surface area contributed by atoms with E-state index in [1.165, 1.54) is 0 Å². The molecular formula is C14H15F2N3OS. The molecule has 0 radical (unpaired) electrons. The van der Waals surface area contributed by atoms with E-state index in [1.807, 2.05) is 0 Å². The number of halogens is 2. The monoisotopic (exact) mass is 311 g/mol. The molecule has 0 saturated heterocycles. The van der Waals surface area contributed by atoms with Crippen molar-refractivity contribution in [3.63, 3.8) is 0 Å². The van der Waals surface area contributed by atoms with Gasteiger partial charge in [-0.1, -0.05) is 0 Å². The van der Waals surface area contributed by atoms with Crippen LogP contribution in [0.25, 0.3) is 0 Å². The van der Waals surface area contributed by atoms with Crippen LogP contribution in [0.5, 0.6) is 5.75 Å². The second-order valence-electron chi connectivity index (χ2n) is 5.08. The summed E-state index contributed by atoms with van der Waals surface area (Å²) in [6.07, 6.45) is 2.61. The molecule has 0 saturated carbocycles. The molecule has 0 spiro atoms. The maximum Gasteiger partial charge on any atom is 0.174 e. The molecule has 4 N–H and O–H groups in total. The first-order valence-electron chi connectivity index (χ1n) is 6.70. The number of aromatic amines is 2. The minimum atomic E-state index is -0.663. The van der Waals surface area contributed by atoms with Crippen molar-refractivity contribution in [3.05, 3.63) is 45.5 Å². The highest BCUT2D eigenvalue weighted by molar-refractivity contribution is 7.71. The Hall–Kier alpha value is -1.73. The topological polar surface area (TPSA) is 66.8 Å². The molecule has 21 heavy (non-hydrogen) atoms. The maximum atomic E-state index is 14.0. The third-order valence-electron chi connectivity index (χ3n) is 3.73. The van der Waals surface area contributed by atoms with Gasteiger partial charge < -0.3 is 20.4 Å². The molecular weight excluding hydrogens is 296 g/mol. The van der Waals surface area contributed by atoms with Gasteiger partial charge in [0.05, 0.1) is 6.61 Å². The highest BCUT2D eigenvalue weighted by atomic mass is 32.1. The molecule has 0 amide bonds. The van der Waals surface area contributed by atoms with Crippen molar-refractivity contribution in [1.82, 2.24) is 9.97 Å². The average molecular weight is 311 g/mol. The second-order valence-corrected chi connectivity index (χ2v) is 5.48. The molecule has 1 aromatic carbocycles. The number of fused-ring (bicyclic) bond motifs is 1. The van der Waals surface area contributed by atoms with Crippen LogP contribution in [-0.2, 0) is 12.8 Å². The van der Waals surface area contributed by atoms with Crippen molar-refractivity contribution in [1.29, 1.82) is 0 Å². The van der Waals surface area contributed by atoms with Crippen LogP contribution in [0.2, 0.25) is 0 Å². The van der Waals surface area contributed by atoms with Gasteiger partial charge in [0.15, 0.2) is 16.3 Å². The molecule has 112 valence electrons. The van der Waals surface area contributed by atoms with E-state index in [1.54, 1.807) is 6.20 Å². The van der Waals surface area contributed by atoms with Crippen molar-refractivity contribution < 1.29 is 13.5 Å². The van der Waals surface area contributed by atoms with Gasteiger partial charge in [-0.3, -0.25) is 0 Å². The average Bonchev–Trinajstić information content (AvgIpc) is 2.89. The van der Waals surface area contributed by atoms with Crippen LogP contribution in [0.15, 0.2) is 12.3 Å². The number of ether oxygens (including phenoxy) is 1. The first-order chi connectivity index (χ1) is 10.1. The fraction of sp³-hybridized carbons (Fsp3) is 0.357. The van der Waals surface area contributed by atoms with Gasteiger partial charge in [0, 0.05) is 29.4 Å². The van der Waals surface area contributed by atoms with Crippen molar-refractivity contribution in [2.45, 2.75) is 18.8 Å². The number of nitrogens with one attached hydrogen (secondary N) is 2. The first kappa shape index (κ1) is 14.2. The summed E-state index contributed by atoms with van der Waals surface area (Å²) in [5.41, 5.74) is 7.40. The molecule has 7 heteroatoms. The van der Waals surface area contributed by atoms with E-state index in [9.17, 15) is 8.78 Å². The summed E-state index contributed by atoms with van der Waals surface area (Å²) < 4.78 is 33.9. The first-order valence-corrected chi connectivity index (χ1v) is 7.11. The predicted octanol–water partition coefficient (Wildman–Crippen LogP) is 2.57. The number of H-pyrrole nitrogens is 2. The van der Waals surface area contributed by atoms with Gasteiger partial charge in [-0.15, -0.1) is 0 Å². The zero-order valence-electron chi connectivity index (χ0n) is 11.2. The van der Waals surface area contributed by atoms with Crippen molar-refractivity contribution in [2.24, 2.45) is 5.73 Å². The molecule has 0 unspecified atom stereocenters. The highest BCUT2D eigenvalue weighted by Gasteiger charge is 2.28. The minimum absolute atomic E-state index is 0.0248. The smallest absolute Gasteiger partial charge is 0.174 e. The Bertz CT molecular complexity index is 725. The number of nitrogens with two attached hydrogens (primary N) is 1. The zero-order valence-corrected chi connectivity index (χ0v) is 12.0. The number of rotatable bonds is 3. The molecule has 3 rings (SSSR count). The molecule has 4 nitrogen and oxygen atoms in total. The zero-order chi connectivity index (χ0) is 15.0. The summed E-state index contributed by atoms with van der Waals surface area (Å²) in [6, 6.07) is 0.869. The molecule has 2 aromatic rings. The lowest BCUT2D eigenvalue weighted by atomic mass is 9.89. The lowest BCUT2D eigenvalue weighted by molar-refractivity contribution is 0.245. The van der Waals surface area contributed by atoms with E-state index < -0.39 is 11.6 Å². The number of benzene rings is 1. The lowest BCUT2D eigenvalue weighted by Crippen LogP contribution is -2.23. The van der Waals surface area contributed by atoms with Gasteiger partial charge in [-0.25, -0.2) is 8.78 Å². The Morgan fingerprint density at radius 2 is 2.19 bits per heavy atom. The lowest BCUT2D eigenvalue weighted by Gasteiger charge is -2.27. The van der Waals surface area contributed by atoms with Crippen LogP contribution in [0, 0.1) is 16.4 Å². The Morgan fingerprint density at radius 1 is 1.38 bits per heavy atom. The van der Waals surface area contributed by atoms with Gasteiger partial charge >= 0.3 is 0 Å². The molecule has 1 aliphatic rings.